The van der Waals surface area contributed by atoms with Crippen LogP contribution < -0.4 is 17.0 Å². The quantitative estimate of drug-likeness (QED) is 0.524. The van der Waals surface area contributed by atoms with Crippen LogP contribution >= 0.6 is 0 Å². The second-order valence-corrected chi connectivity index (χ2v) is 5.08. The third kappa shape index (κ3) is 6.23. The SMILES string of the molecule is CN(C)Cc1[c-]c(C(C)(C)C)ccc1.[Br-].[Mg+2]. The molecule has 0 amide bonds. The number of hydrogen-bond acceptors (Lipinski definition) is 1. The summed E-state index contributed by atoms with van der Waals surface area (Å²) in [5.74, 6) is 0. The Bertz CT molecular complexity index is 305. The van der Waals surface area contributed by atoms with Gasteiger partial charge in [0.2, 0.25) is 0 Å². The molecule has 0 spiro atoms. The van der Waals surface area contributed by atoms with Crippen molar-refractivity contribution in [1.82, 2.24) is 4.90 Å². The number of rotatable bonds is 2. The van der Waals surface area contributed by atoms with Crippen LogP contribution in [-0.4, -0.2) is 42.0 Å². The van der Waals surface area contributed by atoms with E-state index in [1.54, 1.807) is 0 Å². The Kier molecular flexibility index (Phi) is 9.03. The summed E-state index contributed by atoms with van der Waals surface area (Å²) < 4.78 is 0. The molecule has 1 rings (SSSR count). The molecule has 86 valence electrons. The topological polar surface area (TPSA) is 3.24 Å². The average molecular weight is 295 g/mol. The number of hydrogen-bond donors (Lipinski definition) is 0. The molecule has 1 nitrogen and oxygen atoms in total. The van der Waals surface area contributed by atoms with Gasteiger partial charge in [-0.2, -0.15) is 29.8 Å². The summed E-state index contributed by atoms with van der Waals surface area (Å²) in [5, 5.41) is 0. The van der Waals surface area contributed by atoms with Gasteiger partial charge in [-0.3, -0.25) is 0 Å². The van der Waals surface area contributed by atoms with Crippen molar-refractivity contribution in [3.05, 3.63) is 35.4 Å². The fourth-order valence-corrected chi connectivity index (χ4v) is 1.39. The van der Waals surface area contributed by atoms with Crippen LogP contribution in [0.3, 0.4) is 0 Å². The Labute approximate surface area is 127 Å². The van der Waals surface area contributed by atoms with Gasteiger partial charge in [0.1, 0.15) is 0 Å². The van der Waals surface area contributed by atoms with Gasteiger partial charge in [0.15, 0.2) is 0 Å². The van der Waals surface area contributed by atoms with E-state index in [-0.39, 0.29) is 45.4 Å². The summed E-state index contributed by atoms with van der Waals surface area (Å²) in [6.07, 6.45) is 0. The zero-order valence-corrected chi connectivity index (χ0v) is 14.0. The van der Waals surface area contributed by atoms with E-state index >= 15 is 0 Å². The van der Waals surface area contributed by atoms with Crippen LogP contribution in [0.15, 0.2) is 18.2 Å². The van der Waals surface area contributed by atoms with Crippen LogP contribution in [0.4, 0.5) is 0 Å². The second-order valence-electron chi connectivity index (χ2n) is 5.08. The molecule has 0 radical (unpaired) electrons. The van der Waals surface area contributed by atoms with E-state index in [4.69, 9.17) is 0 Å². The molecule has 1 aromatic carbocycles. The molecule has 0 saturated carbocycles. The van der Waals surface area contributed by atoms with Crippen LogP contribution in [-0.2, 0) is 12.0 Å². The molecular formula is C13H20BrMgN. The van der Waals surface area contributed by atoms with Gasteiger partial charge in [-0.1, -0.05) is 20.8 Å². The third-order valence-corrected chi connectivity index (χ3v) is 2.15. The van der Waals surface area contributed by atoms with Crippen molar-refractivity contribution in [1.29, 1.82) is 0 Å². The molecule has 0 atom stereocenters. The number of benzene rings is 1. The van der Waals surface area contributed by atoms with Crippen LogP contribution in [0.1, 0.15) is 31.9 Å². The maximum atomic E-state index is 3.47. The Hall–Kier alpha value is 0.426. The molecule has 0 aliphatic carbocycles. The van der Waals surface area contributed by atoms with E-state index < -0.39 is 0 Å². The predicted molar refractivity (Wildman–Crippen MR) is 67.1 cm³/mol. The fourth-order valence-electron chi connectivity index (χ4n) is 1.39. The van der Waals surface area contributed by atoms with Crippen LogP contribution in [0, 0.1) is 6.07 Å². The van der Waals surface area contributed by atoms with Crippen LogP contribution in [0.25, 0.3) is 0 Å². The zero-order chi connectivity index (χ0) is 10.8. The monoisotopic (exact) mass is 293 g/mol. The third-order valence-electron chi connectivity index (χ3n) is 2.15. The molecule has 0 aliphatic heterocycles. The van der Waals surface area contributed by atoms with E-state index in [0.717, 1.165) is 6.54 Å². The predicted octanol–water partition coefficient (Wildman–Crippen LogP) is -0.531. The average Bonchev–Trinajstić information content (AvgIpc) is 2.01. The normalized spacial score (nSPS) is 10.6. The molecule has 0 saturated heterocycles. The first kappa shape index (κ1) is 18.8. The minimum absolute atomic E-state index is 0. The maximum Gasteiger partial charge on any atom is 2.00 e. The first-order valence-corrected chi connectivity index (χ1v) is 5.06. The molecule has 0 fully saturated rings. The second kappa shape index (κ2) is 7.69. The standard InChI is InChI=1S/C13H20N.BrH.Mg/c1-13(2,3)12-8-6-7-11(9-12)10-14(4)5;;/h6-8H,10H2,1-5H3;1H;/q-1;;+2/p-1. The zero-order valence-electron chi connectivity index (χ0n) is 11.0. The molecule has 0 N–H and O–H groups in total. The van der Waals surface area contributed by atoms with Gasteiger partial charge in [-0.05, 0) is 19.5 Å². The first-order chi connectivity index (χ1) is 6.39. The minimum atomic E-state index is 0. The molecule has 0 unspecified atom stereocenters. The van der Waals surface area contributed by atoms with Crippen molar-refractivity contribution in [2.24, 2.45) is 0 Å². The Morgan fingerprint density at radius 1 is 1.19 bits per heavy atom. The molecule has 0 bridgehead atoms. The van der Waals surface area contributed by atoms with E-state index in [1.165, 1.54) is 11.1 Å². The summed E-state index contributed by atoms with van der Waals surface area (Å²) in [6.45, 7) is 7.62. The fraction of sp³-hybridized carbons (Fsp3) is 0.538. The summed E-state index contributed by atoms with van der Waals surface area (Å²) in [4.78, 5) is 2.16. The van der Waals surface area contributed by atoms with E-state index in [1.807, 2.05) is 0 Å². The molecule has 0 aliphatic rings. The van der Waals surface area contributed by atoms with Crippen molar-refractivity contribution in [2.75, 3.05) is 14.1 Å². The Morgan fingerprint density at radius 3 is 2.19 bits per heavy atom. The largest absolute Gasteiger partial charge is 2.00 e. The van der Waals surface area contributed by atoms with E-state index in [9.17, 15) is 0 Å². The van der Waals surface area contributed by atoms with Crippen molar-refractivity contribution < 1.29 is 17.0 Å². The van der Waals surface area contributed by atoms with Gasteiger partial charge >= 0.3 is 23.1 Å². The van der Waals surface area contributed by atoms with E-state index in [0.29, 0.717) is 0 Å². The molecule has 0 aromatic heterocycles. The van der Waals surface area contributed by atoms with Gasteiger partial charge in [0.05, 0.1) is 0 Å². The summed E-state index contributed by atoms with van der Waals surface area (Å²) in [7, 11) is 4.16. The number of nitrogens with zero attached hydrogens (tertiary/aromatic N) is 1. The van der Waals surface area contributed by atoms with Gasteiger partial charge in [-0.25, -0.2) is 0 Å². The summed E-state index contributed by atoms with van der Waals surface area (Å²) in [6, 6.07) is 9.88. The Morgan fingerprint density at radius 2 is 1.75 bits per heavy atom. The van der Waals surface area contributed by atoms with Crippen molar-refractivity contribution in [3.8, 4) is 0 Å². The van der Waals surface area contributed by atoms with Crippen molar-refractivity contribution in [2.45, 2.75) is 32.7 Å². The first-order valence-electron chi connectivity index (χ1n) is 5.06. The minimum Gasteiger partial charge on any atom is -1.00 e. The molecule has 3 heteroatoms. The van der Waals surface area contributed by atoms with Crippen molar-refractivity contribution >= 4 is 23.1 Å². The molecule has 0 heterocycles. The van der Waals surface area contributed by atoms with Gasteiger partial charge in [-0.15, -0.1) is 5.56 Å². The Balaban J connectivity index is 0. The maximum absolute atomic E-state index is 3.47. The summed E-state index contributed by atoms with van der Waals surface area (Å²) in [5.41, 5.74) is 2.75. The smallest absolute Gasteiger partial charge is 1.00 e. The molecule has 1 aromatic rings. The molecular weight excluding hydrogens is 274 g/mol. The van der Waals surface area contributed by atoms with Crippen LogP contribution in [0.5, 0.6) is 0 Å². The molecule has 16 heavy (non-hydrogen) atoms. The van der Waals surface area contributed by atoms with Crippen LogP contribution in [0.2, 0.25) is 0 Å². The van der Waals surface area contributed by atoms with Gasteiger partial charge in [0, 0.05) is 6.54 Å². The van der Waals surface area contributed by atoms with E-state index in [2.05, 4.69) is 64.0 Å². The van der Waals surface area contributed by atoms with Crippen molar-refractivity contribution in [3.63, 3.8) is 0 Å². The summed E-state index contributed by atoms with van der Waals surface area (Å²) >= 11 is 0. The van der Waals surface area contributed by atoms with Gasteiger partial charge < -0.3 is 21.9 Å². The van der Waals surface area contributed by atoms with Gasteiger partial charge in [0.25, 0.3) is 0 Å². The number of halogens is 1.